The molecule has 0 bridgehead atoms. The van der Waals surface area contributed by atoms with Crippen LogP contribution in [0.25, 0.3) is 0 Å². The summed E-state index contributed by atoms with van der Waals surface area (Å²) in [6, 6.07) is 9.23. The minimum Gasteiger partial charge on any atom is -0.481 e. The van der Waals surface area contributed by atoms with Gasteiger partial charge in [0.15, 0.2) is 0 Å². The SMILES string of the molecule is CCC(CC(=O)O)(NC(=O)OCc1ccccc1)C1CN(C(=O)OC(C)(C)C)C1. The molecule has 8 nitrogen and oxygen atoms in total. The number of aliphatic carboxylic acids is 1. The van der Waals surface area contributed by atoms with Crippen LogP contribution in [-0.2, 0) is 20.9 Å². The number of ether oxygens (including phenoxy) is 2. The van der Waals surface area contributed by atoms with Crippen molar-refractivity contribution in [1.82, 2.24) is 10.2 Å². The van der Waals surface area contributed by atoms with Gasteiger partial charge in [-0.25, -0.2) is 9.59 Å². The highest BCUT2D eigenvalue weighted by Gasteiger charge is 2.49. The molecular formula is C21H30N2O6. The molecule has 1 aromatic carbocycles. The van der Waals surface area contributed by atoms with Crippen molar-refractivity contribution in [3.8, 4) is 0 Å². The first-order valence-electron chi connectivity index (χ1n) is 9.73. The molecule has 0 saturated carbocycles. The van der Waals surface area contributed by atoms with Crippen LogP contribution < -0.4 is 5.32 Å². The predicted molar refractivity (Wildman–Crippen MR) is 106 cm³/mol. The van der Waals surface area contributed by atoms with Gasteiger partial charge < -0.3 is 24.8 Å². The molecule has 29 heavy (non-hydrogen) atoms. The van der Waals surface area contributed by atoms with E-state index in [0.717, 1.165) is 5.56 Å². The number of nitrogens with one attached hydrogen (secondary N) is 1. The largest absolute Gasteiger partial charge is 0.481 e. The van der Waals surface area contributed by atoms with Crippen molar-refractivity contribution in [1.29, 1.82) is 0 Å². The summed E-state index contributed by atoms with van der Waals surface area (Å²) in [6.07, 6.45) is -0.975. The maximum absolute atomic E-state index is 12.4. The second kappa shape index (κ2) is 9.15. The number of carboxylic acids is 1. The van der Waals surface area contributed by atoms with Gasteiger partial charge in [0, 0.05) is 19.0 Å². The fourth-order valence-electron chi connectivity index (χ4n) is 3.33. The van der Waals surface area contributed by atoms with E-state index in [2.05, 4.69) is 5.32 Å². The van der Waals surface area contributed by atoms with E-state index in [4.69, 9.17) is 9.47 Å². The average Bonchev–Trinajstić information content (AvgIpc) is 2.57. The molecule has 8 heteroatoms. The molecule has 160 valence electrons. The molecule has 0 radical (unpaired) electrons. The van der Waals surface area contributed by atoms with Gasteiger partial charge in [-0.15, -0.1) is 0 Å². The summed E-state index contributed by atoms with van der Waals surface area (Å²) in [7, 11) is 0. The van der Waals surface area contributed by atoms with Crippen molar-refractivity contribution in [3.05, 3.63) is 35.9 Å². The summed E-state index contributed by atoms with van der Waals surface area (Å²) in [5.41, 5.74) is -0.773. The van der Waals surface area contributed by atoms with Crippen molar-refractivity contribution in [3.63, 3.8) is 0 Å². The van der Waals surface area contributed by atoms with E-state index in [9.17, 15) is 19.5 Å². The second-order valence-corrected chi connectivity index (χ2v) is 8.35. The highest BCUT2D eigenvalue weighted by Crippen LogP contribution is 2.34. The molecule has 2 N–H and O–H groups in total. The fourth-order valence-corrected chi connectivity index (χ4v) is 3.33. The summed E-state index contributed by atoms with van der Waals surface area (Å²) in [5.74, 6) is -1.23. The summed E-state index contributed by atoms with van der Waals surface area (Å²) in [6.45, 7) is 7.89. The highest BCUT2D eigenvalue weighted by atomic mass is 16.6. The van der Waals surface area contributed by atoms with Crippen molar-refractivity contribution >= 4 is 18.2 Å². The number of carbonyl (C=O) groups excluding carboxylic acids is 2. The van der Waals surface area contributed by atoms with Crippen molar-refractivity contribution in [2.24, 2.45) is 5.92 Å². The molecule has 1 saturated heterocycles. The van der Waals surface area contributed by atoms with Crippen molar-refractivity contribution in [2.75, 3.05) is 13.1 Å². The Labute approximate surface area is 171 Å². The van der Waals surface area contributed by atoms with E-state index < -0.39 is 29.3 Å². The van der Waals surface area contributed by atoms with Crippen molar-refractivity contribution < 1.29 is 29.0 Å². The lowest BCUT2D eigenvalue weighted by Crippen LogP contribution is -2.66. The van der Waals surface area contributed by atoms with Gasteiger partial charge in [0.25, 0.3) is 0 Å². The number of alkyl carbamates (subject to hydrolysis) is 1. The minimum absolute atomic E-state index is 0.0915. The third-order valence-corrected chi connectivity index (χ3v) is 4.98. The van der Waals surface area contributed by atoms with Gasteiger partial charge in [-0.05, 0) is 32.8 Å². The maximum Gasteiger partial charge on any atom is 0.410 e. The zero-order chi connectivity index (χ0) is 21.7. The Morgan fingerprint density at radius 3 is 2.31 bits per heavy atom. The first-order valence-corrected chi connectivity index (χ1v) is 9.73. The highest BCUT2D eigenvalue weighted by molar-refractivity contribution is 5.74. The van der Waals surface area contributed by atoms with Crippen LogP contribution in [0.2, 0.25) is 0 Å². The summed E-state index contributed by atoms with van der Waals surface area (Å²) < 4.78 is 10.6. The van der Waals surface area contributed by atoms with E-state index in [1.165, 1.54) is 4.90 Å². The molecule has 2 amide bonds. The molecule has 0 spiro atoms. The number of carboxylic acid groups (broad SMARTS) is 1. The Morgan fingerprint density at radius 2 is 1.79 bits per heavy atom. The molecule has 0 aliphatic carbocycles. The third kappa shape index (κ3) is 6.37. The van der Waals surface area contributed by atoms with Crippen LogP contribution in [0, 0.1) is 5.92 Å². The fraction of sp³-hybridized carbons (Fsp3) is 0.571. The first kappa shape index (κ1) is 22.5. The van der Waals surface area contributed by atoms with Gasteiger partial charge in [0.2, 0.25) is 0 Å². The Morgan fingerprint density at radius 1 is 1.17 bits per heavy atom. The molecule has 0 aromatic heterocycles. The summed E-state index contributed by atoms with van der Waals surface area (Å²) in [5, 5.41) is 12.2. The van der Waals surface area contributed by atoms with Gasteiger partial charge in [-0.3, -0.25) is 4.79 Å². The number of nitrogens with zero attached hydrogens (tertiary/aromatic N) is 1. The number of carbonyl (C=O) groups is 3. The Hall–Kier alpha value is -2.77. The number of benzene rings is 1. The first-order chi connectivity index (χ1) is 13.5. The molecule has 2 rings (SSSR count). The van der Waals surface area contributed by atoms with Gasteiger partial charge in [0.05, 0.1) is 12.0 Å². The molecule has 1 aliphatic heterocycles. The van der Waals surface area contributed by atoms with E-state index in [1.807, 2.05) is 37.3 Å². The van der Waals surface area contributed by atoms with Gasteiger partial charge in [-0.2, -0.15) is 0 Å². The zero-order valence-electron chi connectivity index (χ0n) is 17.4. The van der Waals surface area contributed by atoms with Crippen LogP contribution in [0.5, 0.6) is 0 Å². The number of rotatable bonds is 7. The monoisotopic (exact) mass is 406 g/mol. The lowest BCUT2D eigenvalue weighted by molar-refractivity contribution is -0.140. The molecule has 1 atom stereocenters. The molecule has 1 aromatic rings. The zero-order valence-corrected chi connectivity index (χ0v) is 17.4. The van der Waals surface area contributed by atoms with Crippen molar-refractivity contribution in [2.45, 2.75) is 58.3 Å². The van der Waals surface area contributed by atoms with Crippen LogP contribution in [0.4, 0.5) is 9.59 Å². The minimum atomic E-state index is -1.02. The normalized spacial score (nSPS) is 16.3. The van der Waals surface area contributed by atoms with Crippen LogP contribution in [0.3, 0.4) is 0 Å². The molecular weight excluding hydrogens is 376 g/mol. The molecule has 1 aliphatic rings. The lowest BCUT2D eigenvalue weighted by atomic mass is 9.74. The smallest absolute Gasteiger partial charge is 0.410 e. The Bertz CT molecular complexity index is 724. The maximum atomic E-state index is 12.4. The number of hydrogen-bond acceptors (Lipinski definition) is 5. The summed E-state index contributed by atoms with van der Waals surface area (Å²) in [4.78, 5) is 37.6. The summed E-state index contributed by atoms with van der Waals surface area (Å²) >= 11 is 0. The van der Waals surface area contributed by atoms with Gasteiger partial charge in [0.1, 0.15) is 12.2 Å². The van der Waals surface area contributed by atoms with Crippen LogP contribution in [-0.4, -0.2) is 52.4 Å². The Kier molecular flexibility index (Phi) is 7.11. The topological polar surface area (TPSA) is 105 Å². The standard InChI is InChI=1S/C21H30N2O6/c1-5-21(11-17(24)25,16-12-23(13-16)19(27)29-20(2,3)4)22-18(26)28-14-15-9-7-6-8-10-15/h6-10,16H,5,11-14H2,1-4H3,(H,22,26)(H,24,25). The van der Waals surface area contributed by atoms with Gasteiger partial charge in [-0.1, -0.05) is 37.3 Å². The third-order valence-electron chi connectivity index (χ3n) is 4.98. The van der Waals surface area contributed by atoms with E-state index in [0.29, 0.717) is 19.5 Å². The quantitative estimate of drug-likeness (QED) is 0.719. The number of likely N-dealkylation sites (tertiary alicyclic amines) is 1. The molecule has 1 fully saturated rings. The van der Waals surface area contributed by atoms with E-state index >= 15 is 0 Å². The second-order valence-electron chi connectivity index (χ2n) is 8.35. The molecule has 1 heterocycles. The number of amides is 2. The van der Waals surface area contributed by atoms with E-state index in [-0.39, 0.29) is 18.9 Å². The number of hydrogen-bond donors (Lipinski definition) is 2. The van der Waals surface area contributed by atoms with E-state index in [1.54, 1.807) is 20.8 Å². The van der Waals surface area contributed by atoms with Gasteiger partial charge >= 0.3 is 18.2 Å². The Balaban J connectivity index is 2.00. The van der Waals surface area contributed by atoms with Crippen LogP contribution >= 0.6 is 0 Å². The lowest BCUT2D eigenvalue weighted by Gasteiger charge is -2.49. The average molecular weight is 406 g/mol. The molecule has 1 unspecified atom stereocenters. The van der Waals surface area contributed by atoms with Crippen LogP contribution in [0.1, 0.15) is 46.1 Å². The van der Waals surface area contributed by atoms with Crippen LogP contribution in [0.15, 0.2) is 30.3 Å². The predicted octanol–water partition coefficient (Wildman–Crippen LogP) is 3.40.